The van der Waals surface area contributed by atoms with Gasteiger partial charge in [-0.1, -0.05) is 30.4 Å². The third-order valence-corrected chi connectivity index (χ3v) is 2.54. The molecule has 0 aliphatic heterocycles. The highest BCUT2D eigenvalue weighted by molar-refractivity contribution is 7.98. The van der Waals surface area contributed by atoms with Gasteiger partial charge in [0, 0.05) is 11.5 Å². The van der Waals surface area contributed by atoms with E-state index in [1.54, 1.807) is 11.8 Å². The topological polar surface area (TPSA) is 20.2 Å². The fraction of sp³-hybridized carbons (Fsp3) is 0.273. The van der Waals surface area contributed by atoms with Gasteiger partial charge in [-0.15, -0.1) is 11.8 Å². The highest BCUT2D eigenvalue weighted by Crippen LogP contribution is 2.20. The van der Waals surface area contributed by atoms with E-state index < -0.39 is 0 Å². The van der Waals surface area contributed by atoms with Crippen molar-refractivity contribution in [3.63, 3.8) is 0 Å². The SMILES string of the molecule is CSc1ccccc1C=CCCO. The molecule has 13 heavy (non-hydrogen) atoms. The summed E-state index contributed by atoms with van der Waals surface area (Å²) in [5.41, 5.74) is 1.23. The lowest BCUT2D eigenvalue weighted by molar-refractivity contribution is 0.303. The summed E-state index contributed by atoms with van der Waals surface area (Å²) in [5.74, 6) is 0. The molecule has 0 bridgehead atoms. The molecule has 0 amide bonds. The first-order chi connectivity index (χ1) is 6.38. The predicted octanol–water partition coefficient (Wildman–Crippen LogP) is 2.80. The van der Waals surface area contributed by atoms with Crippen LogP contribution in [0.15, 0.2) is 35.2 Å². The van der Waals surface area contributed by atoms with Gasteiger partial charge in [0.2, 0.25) is 0 Å². The molecule has 0 spiro atoms. The van der Waals surface area contributed by atoms with Crippen molar-refractivity contribution in [2.75, 3.05) is 12.9 Å². The van der Waals surface area contributed by atoms with E-state index in [1.165, 1.54) is 10.5 Å². The van der Waals surface area contributed by atoms with Gasteiger partial charge in [-0.2, -0.15) is 0 Å². The Labute approximate surface area is 83.5 Å². The minimum absolute atomic E-state index is 0.220. The maximum absolute atomic E-state index is 8.61. The summed E-state index contributed by atoms with van der Waals surface area (Å²) < 4.78 is 0. The van der Waals surface area contributed by atoms with E-state index in [0.29, 0.717) is 0 Å². The monoisotopic (exact) mass is 194 g/mol. The maximum Gasteiger partial charge on any atom is 0.0465 e. The molecule has 2 heteroatoms. The van der Waals surface area contributed by atoms with Gasteiger partial charge in [-0.3, -0.25) is 0 Å². The zero-order valence-corrected chi connectivity index (χ0v) is 8.55. The summed E-state index contributed by atoms with van der Waals surface area (Å²) in [5, 5.41) is 8.61. The average molecular weight is 194 g/mol. The summed E-state index contributed by atoms with van der Waals surface area (Å²) in [7, 11) is 0. The molecule has 0 heterocycles. The molecule has 1 rings (SSSR count). The van der Waals surface area contributed by atoms with E-state index in [4.69, 9.17) is 5.11 Å². The normalized spacial score (nSPS) is 10.9. The van der Waals surface area contributed by atoms with Crippen molar-refractivity contribution in [1.29, 1.82) is 0 Å². The lowest BCUT2D eigenvalue weighted by Gasteiger charge is -2.00. The molecule has 0 aromatic heterocycles. The minimum Gasteiger partial charge on any atom is -0.396 e. The van der Waals surface area contributed by atoms with Crippen LogP contribution in [0.4, 0.5) is 0 Å². The second-order valence-electron chi connectivity index (χ2n) is 2.66. The third kappa shape index (κ3) is 3.25. The molecule has 0 saturated carbocycles. The Bertz CT molecular complexity index is 281. The molecule has 0 saturated heterocycles. The van der Waals surface area contributed by atoms with E-state index >= 15 is 0 Å². The molecule has 0 radical (unpaired) electrons. The van der Waals surface area contributed by atoms with E-state index in [-0.39, 0.29) is 6.61 Å². The van der Waals surface area contributed by atoms with Crippen molar-refractivity contribution in [1.82, 2.24) is 0 Å². The summed E-state index contributed by atoms with van der Waals surface area (Å²) in [6, 6.07) is 8.25. The van der Waals surface area contributed by atoms with Crippen LogP contribution < -0.4 is 0 Å². The summed E-state index contributed by atoms with van der Waals surface area (Å²) in [6.45, 7) is 0.220. The molecule has 0 unspecified atom stereocenters. The Morgan fingerprint density at radius 3 is 2.85 bits per heavy atom. The lowest BCUT2D eigenvalue weighted by Crippen LogP contribution is -1.79. The summed E-state index contributed by atoms with van der Waals surface area (Å²) >= 11 is 1.74. The molecular weight excluding hydrogens is 180 g/mol. The molecule has 0 atom stereocenters. The molecule has 0 fully saturated rings. The molecule has 70 valence electrons. The van der Waals surface area contributed by atoms with Crippen molar-refractivity contribution in [2.45, 2.75) is 11.3 Å². The van der Waals surface area contributed by atoms with Crippen molar-refractivity contribution < 1.29 is 5.11 Å². The van der Waals surface area contributed by atoms with Gasteiger partial charge in [-0.05, 0) is 24.3 Å². The van der Waals surface area contributed by atoms with Crippen molar-refractivity contribution in [3.8, 4) is 0 Å². The standard InChI is InChI=1S/C11H14OS/c1-13-11-8-3-2-6-10(11)7-4-5-9-12/h2-4,6-8,12H,5,9H2,1H3. The van der Waals surface area contributed by atoms with Crippen LogP contribution in [-0.4, -0.2) is 18.0 Å². The smallest absolute Gasteiger partial charge is 0.0465 e. The Morgan fingerprint density at radius 2 is 2.15 bits per heavy atom. The summed E-state index contributed by atoms with van der Waals surface area (Å²) in [4.78, 5) is 1.27. The van der Waals surface area contributed by atoms with Crippen LogP contribution in [0.1, 0.15) is 12.0 Å². The Kier molecular flexibility index (Phi) is 4.65. The zero-order valence-electron chi connectivity index (χ0n) is 7.73. The number of aliphatic hydroxyl groups excluding tert-OH is 1. The van der Waals surface area contributed by atoms with Crippen LogP contribution in [-0.2, 0) is 0 Å². The molecule has 1 aromatic rings. The van der Waals surface area contributed by atoms with Gasteiger partial charge in [0.1, 0.15) is 0 Å². The zero-order chi connectivity index (χ0) is 9.52. The minimum atomic E-state index is 0.220. The van der Waals surface area contributed by atoms with Gasteiger partial charge < -0.3 is 5.11 Å². The van der Waals surface area contributed by atoms with E-state index in [1.807, 2.05) is 18.2 Å². The highest BCUT2D eigenvalue weighted by Gasteiger charge is 1.94. The van der Waals surface area contributed by atoms with Crippen molar-refractivity contribution in [3.05, 3.63) is 35.9 Å². The second-order valence-corrected chi connectivity index (χ2v) is 3.50. The number of rotatable bonds is 4. The van der Waals surface area contributed by atoms with E-state index in [0.717, 1.165) is 6.42 Å². The number of hydrogen-bond acceptors (Lipinski definition) is 2. The lowest BCUT2D eigenvalue weighted by atomic mass is 10.2. The molecule has 1 N–H and O–H groups in total. The maximum atomic E-state index is 8.61. The first kappa shape index (κ1) is 10.4. The van der Waals surface area contributed by atoms with Crippen LogP contribution in [0, 0.1) is 0 Å². The second kappa shape index (κ2) is 5.84. The van der Waals surface area contributed by atoms with Crippen LogP contribution >= 0.6 is 11.8 Å². The predicted molar refractivity (Wildman–Crippen MR) is 59.0 cm³/mol. The van der Waals surface area contributed by atoms with Gasteiger partial charge in [0.25, 0.3) is 0 Å². The molecule has 1 aromatic carbocycles. The average Bonchev–Trinajstić information content (AvgIpc) is 2.19. The number of hydrogen-bond donors (Lipinski definition) is 1. The van der Waals surface area contributed by atoms with Crippen LogP contribution in [0.25, 0.3) is 6.08 Å². The number of benzene rings is 1. The largest absolute Gasteiger partial charge is 0.396 e. The van der Waals surface area contributed by atoms with E-state index in [9.17, 15) is 0 Å². The highest BCUT2D eigenvalue weighted by atomic mass is 32.2. The summed E-state index contributed by atoms with van der Waals surface area (Å²) in [6.07, 6.45) is 6.85. The first-order valence-electron chi connectivity index (χ1n) is 4.29. The Morgan fingerprint density at radius 1 is 1.38 bits per heavy atom. The fourth-order valence-electron chi connectivity index (χ4n) is 1.09. The van der Waals surface area contributed by atoms with E-state index in [2.05, 4.69) is 24.5 Å². The van der Waals surface area contributed by atoms with Gasteiger partial charge in [-0.25, -0.2) is 0 Å². The fourth-order valence-corrected chi connectivity index (χ4v) is 1.68. The molecule has 0 aliphatic rings. The molecule has 0 aliphatic carbocycles. The van der Waals surface area contributed by atoms with Gasteiger partial charge >= 0.3 is 0 Å². The van der Waals surface area contributed by atoms with Gasteiger partial charge in [0.15, 0.2) is 0 Å². The number of thioether (sulfide) groups is 1. The number of aliphatic hydroxyl groups is 1. The van der Waals surface area contributed by atoms with Gasteiger partial charge in [0.05, 0.1) is 0 Å². The van der Waals surface area contributed by atoms with Crippen LogP contribution in [0.5, 0.6) is 0 Å². The van der Waals surface area contributed by atoms with Crippen LogP contribution in [0.3, 0.4) is 0 Å². The Balaban J connectivity index is 2.74. The van der Waals surface area contributed by atoms with Crippen LogP contribution in [0.2, 0.25) is 0 Å². The molecule has 1 nitrogen and oxygen atoms in total. The molecular formula is C11H14OS. The Hall–Kier alpha value is -0.730. The van der Waals surface area contributed by atoms with Crippen molar-refractivity contribution in [2.24, 2.45) is 0 Å². The third-order valence-electron chi connectivity index (χ3n) is 1.73. The van der Waals surface area contributed by atoms with Crippen molar-refractivity contribution >= 4 is 17.8 Å². The first-order valence-corrected chi connectivity index (χ1v) is 5.51. The quantitative estimate of drug-likeness (QED) is 0.744.